The lowest BCUT2D eigenvalue weighted by Gasteiger charge is -2.40. The minimum Gasteiger partial charge on any atom is -0.447 e. The number of carbonyl (C=O) groups is 1. The highest BCUT2D eigenvalue weighted by Crippen LogP contribution is 2.45. The maximum Gasteiger partial charge on any atom is 0.296 e. The Balaban J connectivity index is 1.40. The lowest BCUT2D eigenvalue weighted by molar-refractivity contribution is -0.131. The summed E-state index contributed by atoms with van der Waals surface area (Å²) in [5.74, 6) is -0.261. The summed E-state index contributed by atoms with van der Waals surface area (Å²) in [7, 11) is -1.92. The Morgan fingerprint density at radius 1 is 1.26 bits per heavy atom. The number of hydrogen-bond acceptors (Lipinski definition) is 5. The fourth-order valence-electron chi connectivity index (χ4n) is 4.92. The minimum atomic E-state index is -1.92. The summed E-state index contributed by atoms with van der Waals surface area (Å²) in [6.07, 6.45) is 4.15. The van der Waals surface area contributed by atoms with Crippen LogP contribution in [-0.4, -0.2) is 50.4 Å². The van der Waals surface area contributed by atoms with Crippen molar-refractivity contribution in [2.45, 2.75) is 82.4 Å². The van der Waals surface area contributed by atoms with Gasteiger partial charge in [0.25, 0.3) is 11.9 Å². The van der Waals surface area contributed by atoms with Crippen LogP contribution >= 0.6 is 0 Å². The van der Waals surface area contributed by atoms with Gasteiger partial charge in [-0.1, -0.05) is 57.7 Å². The predicted molar refractivity (Wildman–Crippen MR) is 142 cm³/mol. The molecule has 1 unspecified atom stereocenters. The third kappa shape index (κ3) is 4.91. The van der Waals surface area contributed by atoms with E-state index in [2.05, 4.69) is 81.2 Å². The lowest BCUT2D eigenvalue weighted by atomic mass is 9.84. The van der Waals surface area contributed by atoms with Gasteiger partial charge in [0.2, 0.25) is 0 Å². The molecule has 0 radical (unpaired) electrons. The van der Waals surface area contributed by atoms with Crippen LogP contribution in [0, 0.1) is 0 Å². The van der Waals surface area contributed by atoms with Gasteiger partial charge < -0.3 is 18.8 Å². The fourth-order valence-corrected chi connectivity index (χ4v) is 5.92. The summed E-state index contributed by atoms with van der Waals surface area (Å²) in [6.45, 7) is 21.7. The SMILES string of the molecule is C=CCC1(CC(=C)CO[Si](C)(C)C(C)(C)C)OC(N2CCC3(CC2)OCc2ccccc23)=NC1=O. The number of rotatable bonds is 7. The number of ether oxygens (including phenoxy) is 2. The van der Waals surface area contributed by atoms with Crippen molar-refractivity contribution in [2.75, 3.05) is 19.7 Å². The molecule has 3 heterocycles. The summed E-state index contributed by atoms with van der Waals surface area (Å²) < 4.78 is 19.0. The van der Waals surface area contributed by atoms with Crippen LogP contribution in [0.3, 0.4) is 0 Å². The average molecular weight is 497 g/mol. The largest absolute Gasteiger partial charge is 0.447 e. The van der Waals surface area contributed by atoms with E-state index >= 15 is 0 Å². The summed E-state index contributed by atoms with van der Waals surface area (Å²) in [6, 6.07) is 8.88. The fraction of sp³-hybridized carbons (Fsp3) is 0.571. The van der Waals surface area contributed by atoms with Crippen LogP contribution in [0.15, 0.2) is 54.1 Å². The van der Waals surface area contributed by atoms with Crippen LogP contribution < -0.4 is 0 Å². The van der Waals surface area contributed by atoms with Gasteiger partial charge in [0.05, 0.1) is 18.8 Å². The number of benzene rings is 1. The van der Waals surface area contributed by atoms with Crippen LogP contribution in [0.1, 0.15) is 57.6 Å². The first-order valence-corrected chi connectivity index (χ1v) is 15.5. The smallest absolute Gasteiger partial charge is 0.296 e. The number of hydrogen-bond donors (Lipinski definition) is 0. The number of nitrogens with zero attached hydrogens (tertiary/aromatic N) is 2. The summed E-state index contributed by atoms with van der Waals surface area (Å²) >= 11 is 0. The quantitative estimate of drug-likeness (QED) is 0.358. The van der Waals surface area contributed by atoms with Crippen LogP contribution in [0.25, 0.3) is 0 Å². The second-order valence-electron chi connectivity index (χ2n) is 11.7. The highest BCUT2D eigenvalue weighted by atomic mass is 28.4. The Labute approximate surface area is 211 Å². The van der Waals surface area contributed by atoms with Crippen molar-refractivity contribution in [3.63, 3.8) is 0 Å². The number of amidine groups is 1. The van der Waals surface area contributed by atoms with Crippen molar-refractivity contribution in [2.24, 2.45) is 4.99 Å². The van der Waals surface area contributed by atoms with Crippen molar-refractivity contribution in [1.82, 2.24) is 4.90 Å². The van der Waals surface area contributed by atoms with E-state index in [1.165, 1.54) is 11.1 Å². The Bertz CT molecular complexity index is 1030. The van der Waals surface area contributed by atoms with Gasteiger partial charge in [-0.05, 0) is 47.7 Å². The van der Waals surface area contributed by atoms with Gasteiger partial charge in [-0.2, -0.15) is 4.99 Å². The van der Waals surface area contributed by atoms with E-state index in [0.717, 1.165) is 31.5 Å². The third-order valence-electron chi connectivity index (χ3n) is 8.18. The first-order chi connectivity index (χ1) is 16.4. The van der Waals surface area contributed by atoms with Crippen molar-refractivity contribution in [1.29, 1.82) is 0 Å². The second-order valence-corrected chi connectivity index (χ2v) is 16.5. The lowest BCUT2D eigenvalue weighted by Crippen LogP contribution is -2.47. The molecule has 0 aromatic heterocycles. The Morgan fingerprint density at radius 3 is 2.60 bits per heavy atom. The maximum atomic E-state index is 13.2. The zero-order valence-corrected chi connectivity index (χ0v) is 23.0. The molecular formula is C28H40N2O4Si. The molecule has 7 heteroatoms. The van der Waals surface area contributed by atoms with E-state index < -0.39 is 13.9 Å². The molecule has 1 saturated heterocycles. The maximum absolute atomic E-state index is 13.2. The van der Waals surface area contributed by atoms with E-state index in [1.807, 2.05) is 0 Å². The van der Waals surface area contributed by atoms with Gasteiger partial charge in [0.1, 0.15) is 0 Å². The third-order valence-corrected chi connectivity index (χ3v) is 12.7. The second kappa shape index (κ2) is 9.34. The molecule has 1 aromatic rings. The Morgan fingerprint density at radius 2 is 1.94 bits per heavy atom. The highest BCUT2D eigenvalue weighted by Gasteiger charge is 2.50. The number of likely N-dealkylation sites (tertiary alicyclic amines) is 1. The molecule has 1 fully saturated rings. The van der Waals surface area contributed by atoms with Crippen LogP contribution in [0.5, 0.6) is 0 Å². The molecule has 1 atom stereocenters. The molecule has 0 aliphatic carbocycles. The zero-order valence-electron chi connectivity index (χ0n) is 22.0. The molecule has 0 N–H and O–H groups in total. The molecule has 4 rings (SSSR count). The Kier molecular flexibility index (Phi) is 6.90. The van der Waals surface area contributed by atoms with Crippen molar-refractivity contribution in [3.05, 3.63) is 60.2 Å². The van der Waals surface area contributed by atoms with E-state index in [1.54, 1.807) is 6.08 Å². The van der Waals surface area contributed by atoms with Crippen LogP contribution in [0.4, 0.5) is 0 Å². The van der Waals surface area contributed by atoms with E-state index in [4.69, 9.17) is 13.9 Å². The topological polar surface area (TPSA) is 60.4 Å². The molecule has 1 amide bonds. The molecule has 0 saturated carbocycles. The number of carbonyl (C=O) groups excluding carboxylic acids is 1. The minimum absolute atomic E-state index is 0.108. The van der Waals surface area contributed by atoms with Gasteiger partial charge in [-0.15, -0.1) is 6.58 Å². The molecule has 6 nitrogen and oxygen atoms in total. The van der Waals surface area contributed by atoms with Crippen LogP contribution in [-0.2, 0) is 30.9 Å². The molecule has 3 aliphatic rings. The van der Waals surface area contributed by atoms with E-state index in [-0.39, 0.29) is 16.5 Å². The number of aliphatic imine (C=N–C) groups is 1. The first kappa shape index (κ1) is 25.9. The molecule has 35 heavy (non-hydrogen) atoms. The molecule has 190 valence electrons. The van der Waals surface area contributed by atoms with Crippen molar-refractivity contribution < 1.29 is 18.7 Å². The number of fused-ring (bicyclic) bond motifs is 2. The average Bonchev–Trinajstić information content (AvgIpc) is 3.31. The summed E-state index contributed by atoms with van der Waals surface area (Å²) in [5, 5.41) is 0.108. The molecule has 0 bridgehead atoms. The van der Waals surface area contributed by atoms with Crippen LogP contribution in [0.2, 0.25) is 18.1 Å². The molecule has 1 spiro atoms. The summed E-state index contributed by atoms with van der Waals surface area (Å²) in [4.78, 5) is 19.6. The van der Waals surface area contributed by atoms with Gasteiger partial charge in [0.15, 0.2) is 13.9 Å². The number of amides is 1. The molecular weight excluding hydrogens is 456 g/mol. The predicted octanol–water partition coefficient (Wildman–Crippen LogP) is 5.70. The van der Waals surface area contributed by atoms with Crippen molar-refractivity contribution in [3.8, 4) is 0 Å². The van der Waals surface area contributed by atoms with E-state index in [0.29, 0.717) is 32.1 Å². The Hall–Kier alpha value is -2.22. The molecule has 3 aliphatic heterocycles. The highest BCUT2D eigenvalue weighted by molar-refractivity contribution is 6.74. The van der Waals surface area contributed by atoms with Gasteiger partial charge >= 0.3 is 0 Å². The monoisotopic (exact) mass is 496 g/mol. The zero-order chi connectivity index (χ0) is 25.5. The standard InChI is InChI=1S/C28H40N2O4Si/c1-8-13-28(18-21(2)19-33-35(6,7)26(3,4)5)24(31)29-25(34-28)30-16-14-27(15-17-30)23-12-10-9-11-22(23)20-32-27/h8-12H,1-2,13-20H2,3-7H3. The van der Waals surface area contributed by atoms with Gasteiger partial charge in [0, 0.05) is 25.9 Å². The van der Waals surface area contributed by atoms with E-state index in [9.17, 15) is 4.79 Å². The van der Waals surface area contributed by atoms with Gasteiger partial charge in [-0.3, -0.25) is 4.79 Å². The normalized spacial score (nSPS) is 23.7. The van der Waals surface area contributed by atoms with Gasteiger partial charge in [-0.25, -0.2) is 0 Å². The summed E-state index contributed by atoms with van der Waals surface area (Å²) in [5.41, 5.74) is 2.08. The van der Waals surface area contributed by atoms with Crippen molar-refractivity contribution >= 4 is 20.2 Å². The molecule has 1 aromatic carbocycles. The first-order valence-electron chi connectivity index (χ1n) is 12.6. The number of piperidine rings is 1.